The number of hydrogen-bond donors (Lipinski definition) is 0. The Bertz CT molecular complexity index is 3260. The van der Waals surface area contributed by atoms with Gasteiger partial charge in [-0.2, -0.15) is 0 Å². The lowest BCUT2D eigenvalue weighted by atomic mass is 9.34. The molecule has 0 bridgehead atoms. The summed E-state index contributed by atoms with van der Waals surface area (Å²) in [6, 6.07) is 59.4. The van der Waals surface area contributed by atoms with Crippen molar-refractivity contribution in [2.75, 3.05) is 9.80 Å². The van der Waals surface area contributed by atoms with Crippen molar-refractivity contribution in [2.45, 2.75) is 34.6 Å². The SMILES string of the molecule is Cc1ccc(N(c2ccc(C)cc2)c2ccc3c4c2ccn4-c2cc4cc(C)ccc4c4c2B3c2ccc(N(c3ccc(C)cc3)c3ccc(C)cc3)c3ccn-4c23)cc1. The van der Waals surface area contributed by atoms with E-state index in [1.807, 2.05) is 0 Å². The second kappa shape index (κ2) is 12.9. The van der Waals surface area contributed by atoms with Gasteiger partial charge in [-0.05, 0) is 135 Å². The minimum atomic E-state index is 0.0398. The Hall–Kier alpha value is -7.24. The van der Waals surface area contributed by atoms with Gasteiger partial charge in [0.05, 0.1) is 28.1 Å². The Balaban J connectivity index is 1.14. The molecule has 5 heteroatoms. The van der Waals surface area contributed by atoms with Crippen LogP contribution in [0.25, 0.3) is 44.0 Å². The van der Waals surface area contributed by atoms with Crippen molar-refractivity contribution in [3.05, 3.63) is 198 Å². The first-order valence-corrected chi connectivity index (χ1v) is 21.0. The fraction of sp³-hybridized carbons (Fsp3) is 0.0909. The topological polar surface area (TPSA) is 16.3 Å². The third-order valence-electron chi connectivity index (χ3n) is 13.1. The van der Waals surface area contributed by atoms with Crippen molar-refractivity contribution >= 4 is 89.8 Å². The average molecular weight is 771 g/mol. The number of fused-ring (bicyclic) bond motifs is 6. The molecule has 0 unspecified atom stereocenters. The van der Waals surface area contributed by atoms with Crippen molar-refractivity contribution in [3.63, 3.8) is 0 Å². The minimum Gasteiger partial charge on any atom is -0.317 e. The largest absolute Gasteiger partial charge is 0.317 e. The van der Waals surface area contributed by atoms with E-state index >= 15 is 0 Å². The molecule has 60 heavy (non-hydrogen) atoms. The van der Waals surface area contributed by atoms with Crippen LogP contribution in [0.15, 0.2) is 170 Å². The number of rotatable bonds is 6. The molecule has 0 saturated heterocycles. The van der Waals surface area contributed by atoms with Crippen LogP contribution in [-0.4, -0.2) is 15.8 Å². The molecule has 12 rings (SSSR count). The molecule has 10 aromatic rings. The molecule has 4 nitrogen and oxygen atoms in total. The third kappa shape index (κ3) is 5.05. The Labute approximate surface area is 351 Å². The zero-order valence-electron chi connectivity index (χ0n) is 34.5. The van der Waals surface area contributed by atoms with Crippen LogP contribution < -0.4 is 26.2 Å². The van der Waals surface area contributed by atoms with Crippen LogP contribution in [-0.2, 0) is 0 Å². The van der Waals surface area contributed by atoms with Gasteiger partial charge in [-0.15, -0.1) is 0 Å². The van der Waals surface area contributed by atoms with E-state index in [4.69, 9.17) is 0 Å². The standard InChI is InChI=1S/C55H43BN4/c1-34-6-15-40(16-7-34)59(41-17-8-35(2)9-18-41)49-26-24-47-53-45(49)28-30-57(53)51-33-39-32-38(5)14-23-44(39)55-52(51)56(47)48-25-27-50(46-29-31-58(55)54(46)48)60(42-19-10-36(3)11-20-42)43-21-12-37(4)13-22-43/h6-33H,1-5H3. The van der Waals surface area contributed by atoms with Crippen molar-refractivity contribution in [1.82, 2.24) is 9.13 Å². The van der Waals surface area contributed by atoms with E-state index in [-0.39, 0.29) is 6.71 Å². The van der Waals surface area contributed by atoms with E-state index in [1.165, 1.54) is 99.5 Å². The third-order valence-corrected chi connectivity index (χ3v) is 13.1. The lowest BCUT2D eigenvalue weighted by Crippen LogP contribution is -2.59. The van der Waals surface area contributed by atoms with E-state index in [0.717, 1.165) is 22.7 Å². The van der Waals surface area contributed by atoms with E-state index in [2.05, 4.69) is 224 Å². The van der Waals surface area contributed by atoms with Crippen LogP contribution in [0.3, 0.4) is 0 Å². The molecule has 8 aromatic carbocycles. The lowest BCUT2D eigenvalue weighted by molar-refractivity contribution is 1.11. The summed E-state index contributed by atoms with van der Waals surface area (Å²) in [4.78, 5) is 4.86. The smallest absolute Gasteiger partial charge is 0.252 e. The van der Waals surface area contributed by atoms with Crippen LogP contribution in [0.1, 0.15) is 27.8 Å². The monoisotopic (exact) mass is 770 g/mol. The molecule has 2 aromatic heterocycles. The highest BCUT2D eigenvalue weighted by Gasteiger charge is 2.41. The van der Waals surface area contributed by atoms with Gasteiger partial charge in [0.15, 0.2) is 0 Å². The molecule has 0 saturated carbocycles. The van der Waals surface area contributed by atoms with Gasteiger partial charge < -0.3 is 18.9 Å². The predicted octanol–water partition coefficient (Wildman–Crippen LogP) is 12.4. The number of benzene rings is 8. The van der Waals surface area contributed by atoms with Crippen LogP contribution in [0.2, 0.25) is 0 Å². The van der Waals surface area contributed by atoms with E-state index in [0.29, 0.717) is 0 Å². The first-order chi connectivity index (χ1) is 29.3. The number of aromatic nitrogens is 2. The van der Waals surface area contributed by atoms with Gasteiger partial charge in [0, 0.05) is 57.0 Å². The maximum Gasteiger partial charge on any atom is 0.252 e. The normalized spacial score (nSPS) is 12.4. The summed E-state index contributed by atoms with van der Waals surface area (Å²) in [6.45, 7) is 10.9. The molecular weight excluding hydrogens is 727 g/mol. The Kier molecular flexibility index (Phi) is 7.47. The fourth-order valence-electron chi connectivity index (χ4n) is 10.1. The maximum atomic E-state index is 2.50. The highest BCUT2D eigenvalue weighted by molar-refractivity contribution is 7.00. The van der Waals surface area contributed by atoms with E-state index < -0.39 is 0 Å². The quantitative estimate of drug-likeness (QED) is 0.157. The highest BCUT2D eigenvalue weighted by atomic mass is 15.2. The van der Waals surface area contributed by atoms with Crippen LogP contribution in [0.4, 0.5) is 34.1 Å². The fourth-order valence-corrected chi connectivity index (χ4v) is 10.1. The van der Waals surface area contributed by atoms with Crippen molar-refractivity contribution in [2.24, 2.45) is 0 Å². The molecule has 0 atom stereocenters. The Morgan fingerprint density at radius 3 is 1.27 bits per heavy atom. The summed E-state index contributed by atoms with van der Waals surface area (Å²) in [5, 5.41) is 5.01. The van der Waals surface area contributed by atoms with Gasteiger partial charge in [-0.3, -0.25) is 0 Å². The van der Waals surface area contributed by atoms with Gasteiger partial charge in [-0.1, -0.05) is 107 Å². The zero-order chi connectivity index (χ0) is 40.4. The van der Waals surface area contributed by atoms with E-state index in [1.54, 1.807) is 0 Å². The van der Waals surface area contributed by atoms with Gasteiger partial charge in [0.2, 0.25) is 0 Å². The molecule has 0 aliphatic carbocycles. The van der Waals surface area contributed by atoms with Crippen molar-refractivity contribution < 1.29 is 0 Å². The molecule has 4 heterocycles. The molecule has 2 aliphatic rings. The highest BCUT2D eigenvalue weighted by Crippen LogP contribution is 2.44. The number of hydrogen-bond acceptors (Lipinski definition) is 2. The summed E-state index contributed by atoms with van der Waals surface area (Å²) < 4.78 is 4.98. The van der Waals surface area contributed by atoms with Gasteiger partial charge in [0.1, 0.15) is 0 Å². The summed E-state index contributed by atoms with van der Waals surface area (Å²) in [6.07, 6.45) is 4.62. The van der Waals surface area contributed by atoms with Gasteiger partial charge in [-0.25, -0.2) is 0 Å². The molecule has 0 amide bonds. The van der Waals surface area contributed by atoms with Gasteiger partial charge >= 0.3 is 0 Å². The second-order valence-corrected chi connectivity index (χ2v) is 17.1. The molecule has 286 valence electrons. The molecule has 0 fully saturated rings. The predicted molar refractivity (Wildman–Crippen MR) is 255 cm³/mol. The van der Waals surface area contributed by atoms with Crippen molar-refractivity contribution in [1.29, 1.82) is 0 Å². The van der Waals surface area contributed by atoms with E-state index in [9.17, 15) is 0 Å². The molecule has 2 aliphatic heterocycles. The molecule has 0 N–H and O–H groups in total. The second-order valence-electron chi connectivity index (χ2n) is 17.1. The summed E-state index contributed by atoms with van der Waals surface area (Å²) in [5.41, 5.74) is 22.3. The first kappa shape index (κ1) is 34.8. The zero-order valence-corrected chi connectivity index (χ0v) is 34.5. The van der Waals surface area contributed by atoms with Crippen LogP contribution in [0.5, 0.6) is 0 Å². The lowest BCUT2D eigenvalue weighted by Gasteiger charge is -2.35. The first-order valence-electron chi connectivity index (χ1n) is 21.0. The number of aryl methyl sites for hydroxylation is 5. The average Bonchev–Trinajstić information content (AvgIpc) is 3.91. The summed E-state index contributed by atoms with van der Waals surface area (Å²) >= 11 is 0. The number of anilines is 6. The molecular formula is C55H43BN4. The van der Waals surface area contributed by atoms with Gasteiger partial charge in [0.25, 0.3) is 6.71 Å². The minimum absolute atomic E-state index is 0.0398. The molecule has 0 radical (unpaired) electrons. The van der Waals surface area contributed by atoms with Crippen LogP contribution >= 0.6 is 0 Å². The Morgan fingerprint density at radius 2 is 0.800 bits per heavy atom. The van der Waals surface area contributed by atoms with Crippen LogP contribution in [0, 0.1) is 34.6 Å². The summed E-state index contributed by atoms with van der Waals surface area (Å²) in [7, 11) is 0. The molecule has 0 spiro atoms. The summed E-state index contributed by atoms with van der Waals surface area (Å²) in [5.74, 6) is 0. The number of nitrogens with zero attached hydrogens (tertiary/aromatic N) is 4. The maximum absolute atomic E-state index is 2.50. The Morgan fingerprint density at radius 1 is 0.383 bits per heavy atom. The van der Waals surface area contributed by atoms with Crippen molar-refractivity contribution in [3.8, 4) is 11.4 Å².